The van der Waals surface area contributed by atoms with Crippen LogP contribution >= 0.6 is 0 Å². The number of aldehydes is 1. The van der Waals surface area contributed by atoms with Crippen molar-refractivity contribution in [2.45, 2.75) is 38.3 Å². The molecule has 0 bridgehead atoms. The van der Waals surface area contributed by atoms with Crippen LogP contribution in [0.3, 0.4) is 0 Å². The molecule has 0 amide bonds. The highest BCUT2D eigenvalue weighted by Gasteiger charge is 2.28. The lowest BCUT2D eigenvalue weighted by molar-refractivity contribution is -0.243. The van der Waals surface area contributed by atoms with E-state index in [0.29, 0.717) is 6.42 Å². The van der Waals surface area contributed by atoms with Gasteiger partial charge in [-0.1, -0.05) is 30.3 Å². The number of ether oxygens (including phenoxy) is 2. The molecule has 0 spiro atoms. The Morgan fingerprint density at radius 1 is 1.31 bits per heavy atom. The van der Waals surface area contributed by atoms with Crippen LogP contribution in [-0.2, 0) is 14.3 Å². The fraction of sp³-hybridized carbons (Fsp3) is 0.462. The topological polar surface area (TPSA) is 35.5 Å². The third-order valence-corrected chi connectivity index (χ3v) is 2.70. The molecule has 0 radical (unpaired) electrons. The maximum absolute atomic E-state index is 10.5. The average molecular weight is 220 g/mol. The van der Waals surface area contributed by atoms with E-state index < -0.39 is 0 Å². The average Bonchev–Trinajstić information content (AvgIpc) is 2.30. The van der Waals surface area contributed by atoms with E-state index in [0.717, 1.165) is 18.3 Å². The molecule has 1 aromatic rings. The number of hydrogen-bond donors (Lipinski definition) is 0. The van der Waals surface area contributed by atoms with E-state index in [1.165, 1.54) is 0 Å². The van der Waals surface area contributed by atoms with Crippen molar-refractivity contribution in [3.63, 3.8) is 0 Å². The third-order valence-electron chi connectivity index (χ3n) is 2.70. The van der Waals surface area contributed by atoms with Crippen molar-refractivity contribution in [2.24, 2.45) is 0 Å². The fourth-order valence-electron chi connectivity index (χ4n) is 1.93. The summed E-state index contributed by atoms with van der Waals surface area (Å²) in [5, 5.41) is 0. The molecule has 0 aliphatic carbocycles. The fourth-order valence-corrected chi connectivity index (χ4v) is 1.93. The number of carbonyl (C=O) groups excluding carboxylic acids is 1. The quantitative estimate of drug-likeness (QED) is 0.734. The van der Waals surface area contributed by atoms with Crippen molar-refractivity contribution >= 4 is 6.29 Å². The Morgan fingerprint density at radius 3 is 2.75 bits per heavy atom. The first kappa shape index (κ1) is 11.3. The lowest BCUT2D eigenvalue weighted by atomic mass is 10.1. The number of carbonyl (C=O) groups is 1. The van der Waals surface area contributed by atoms with Gasteiger partial charge in [-0.25, -0.2) is 0 Å². The Morgan fingerprint density at radius 2 is 2.06 bits per heavy atom. The predicted molar refractivity (Wildman–Crippen MR) is 59.9 cm³/mol. The van der Waals surface area contributed by atoms with Gasteiger partial charge in [0.25, 0.3) is 0 Å². The Labute approximate surface area is 95.4 Å². The van der Waals surface area contributed by atoms with Gasteiger partial charge in [0.05, 0.1) is 12.2 Å². The molecule has 3 atom stereocenters. The highest BCUT2D eigenvalue weighted by atomic mass is 16.7. The zero-order valence-corrected chi connectivity index (χ0v) is 9.34. The lowest BCUT2D eigenvalue weighted by Crippen LogP contribution is -2.32. The van der Waals surface area contributed by atoms with Crippen LogP contribution in [0.1, 0.15) is 31.6 Å². The molecule has 1 heterocycles. The molecule has 2 rings (SSSR count). The zero-order valence-electron chi connectivity index (χ0n) is 9.34. The van der Waals surface area contributed by atoms with Crippen LogP contribution in [0.4, 0.5) is 0 Å². The van der Waals surface area contributed by atoms with Crippen molar-refractivity contribution in [2.75, 3.05) is 0 Å². The van der Waals surface area contributed by atoms with Crippen molar-refractivity contribution < 1.29 is 14.3 Å². The van der Waals surface area contributed by atoms with Crippen molar-refractivity contribution in [3.05, 3.63) is 35.9 Å². The molecule has 0 aromatic heterocycles. The van der Waals surface area contributed by atoms with Gasteiger partial charge in [0.1, 0.15) is 6.29 Å². The second-order valence-electron chi connectivity index (χ2n) is 4.09. The molecule has 3 heteroatoms. The van der Waals surface area contributed by atoms with Gasteiger partial charge in [-0.2, -0.15) is 0 Å². The summed E-state index contributed by atoms with van der Waals surface area (Å²) < 4.78 is 11.4. The van der Waals surface area contributed by atoms with Gasteiger partial charge in [-0.3, -0.25) is 0 Å². The summed E-state index contributed by atoms with van der Waals surface area (Å²) in [4.78, 5) is 10.5. The minimum Gasteiger partial charge on any atom is -0.345 e. The molecule has 86 valence electrons. The molecular weight excluding hydrogens is 204 g/mol. The van der Waals surface area contributed by atoms with Gasteiger partial charge >= 0.3 is 0 Å². The summed E-state index contributed by atoms with van der Waals surface area (Å²) in [6, 6.07) is 9.81. The molecule has 0 saturated carbocycles. The molecule has 1 saturated heterocycles. The van der Waals surface area contributed by atoms with E-state index in [1.54, 1.807) is 0 Å². The molecule has 3 nitrogen and oxygen atoms in total. The van der Waals surface area contributed by atoms with Crippen LogP contribution in [0.15, 0.2) is 30.3 Å². The highest BCUT2D eigenvalue weighted by molar-refractivity contribution is 5.50. The van der Waals surface area contributed by atoms with E-state index in [1.807, 2.05) is 37.3 Å². The molecule has 0 N–H and O–H groups in total. The molecule has 1 aliphatic heterocycles. The molecule has 1 aliphatic rings. The van der Waals surface area contributed by atoms with Crippen molar-refractivity contribution in [1.82, 2.24) is 0 Å². The van der Waals surface area contributed by atoms with Gasteiger partial charge in [-0.15, -0.1) is 0 Å². The molecule has 16 heavy (non-hydrogen) atoms. The van der Waals surface area contributed by atoms with Crippen LogP contribution in [0.2, 0.25) is 0 Å². The Kier molecular flexibility index (Phi) is 3.70. The van der Waals surface area contributed by atoms with Crippen LogP contribution in [-0.4, -0.2) is 18.5 Å². The largest absolute Gasteiger partial charge is 0.345 e. The van der Waals surface area contributed by atoms with E-state index in [2.05, 4.69) is 0 Å². The maximum atomic E-state index is 10.5. The number of rotatable bonds is 3. The highest BCUT2D eigenvalue weighted by Crippen LogP contribution is 2.30. The Hall–Kier alpha value is -1.19. The Balaban J connectivity index is 2.07. The Bertz CT molecular complexity index is 336. The normalized spacial score (nSPS) is 29.9. The summed E-state index contributed by atoms with van der Waals surface area (Å²) in [5.74, 6) is 0. The smallest absolute Gasteiger partial charge is 0.184 e. The van der Waals surface area contributed by atoms with Gasteiger partial charge in [-0.05, 0) is 6.92 Å². The minimum atomic E-state index is -0.338. The van der Waals surface area contributed by atoms with E-state index in [4.69, 9.17) is 9.47 Å². The van der Waals surface area contributed by atoms with Crippen LogP contribution in [0.5, 0.6) is 0 Å². The summed E-state index contributed by atoms with van der Waals surface area (Å²) in [5.41, 5.74) is 1.00. The molecule has 0 unspecified atom stereocenters. The summed E-state index contributed by atoms with van der Waals surface area (Å²) in [6.07, 6.45) is 1.90. The van der Waals surface area contributed by atoms with Crippen molar-refractivity contribution in [1.29, 1.82) is 0 Å². The lowest BCUT2D eigenvalue weighted by Gasteiger charge is -2.33. The van der Waals surface area contributed by atoms with Gasteiger partial charge in [0.2, 0.25) is 0 Å². The van der Waals surface area contributed by atoms with Gasteiger partial charge in [0.15, 0.2) is 6.29 Å². The van der Waals surface area contributed by atoms with Gasteiger partial charge in [0, 0.05) is 18.4 Å². The van der Waals surface area contributed by atoms with E-state index in [-0.39, 0.29) is 18.5 Å². The monoisotopic (exact) mass is 220 g/mol. The third kappa shape index (κ3) is 2.68. The second kappa shape index (κ2) is 5.23. The summed E-state index contributed by atoms with van der Waals surface area (Å²) in [7, 11) is 0. The van der Waals surface area contributed by atoms with E-state index in [9.17, 15) is 4.79 Å². The summed E-state index contributed by atoms with van der Waals surface area (Å²) >= 11 is 0. The molecular formula is C13H16O3. The molecule has 1 fully saturated rings. The predicted octanol–water partition coefficient (Wildman–Crippen LogP) is 2.47. The summed E-state index contributed by atoms with van der Waals surface area (Å²) in [6.45, 7) is 2.01. The molecule has 1 aromatic carbocycles. The number of hydrogen-bond acceptors (Lipinski definition) is 3. The first-order valence-corrected chi connectivity index (χ1v) is 5.59. The van der Waals surface area contributed by atoms with Crippen molar-refractivity contribution in [3.8, 4) is 0 Å². The van der Waals surface area contributed by atoms with Crippen LogP contribution < -0.4 is 0 Å². The van der Waals surface area contributed by atoms with Gasteiger partial charge < -0.3 is 14.3 Å². The number of benzene rings is 1. The van der Waals surface area contributed by atoms with E-state index >= 15 is 0 Å². The first-order valence-electron chi connectivity index (χ1n) is 5.59. The first-order chi connectivity index (χ1) is 7.79. The van der Waals surface area contributed by atoms with Crippen LogP contribution in [0, 0.1) is 0 Å². The second-order valence-corrected chi connectivity index (χ2v) is 4.09. The van der Waals surface area contributed by atoms with Crippen LogP contribution in [0.25, 0.3) is 0 Å². The SMILES string of the molecule is C[C@@H]1C[C@H](CC=O)O[C@H](c2ccccc2)O1. The maximum Gasteiger partial charge on any atom is 0.184 e. The standard InChI is InChI=1S/C13H16O3/c1-10-9-12(7-8-14)16-13(15-10)11-5-3-2-4-6-11/h2-6,8,10,12-13H,7,9H2,1H3/t10-,12+,13-/m1/s1. The zero-order chi connectivity index (χ0) is 11.4. The minimum absolute atomic E-state index is 0.0218.